The fraction of sp³-hybridized carbons (Fsp3) is 1.00. The van der Waals surface area contributed by atoms with E-state index in [-0.39, 0.29) is 0 Å². The van der Waals surface area contributed by atoms with E-state index in [1.54, 1.807) is 0 Å². The van der Waals surface area contributed by atoms with Gasteiger partial charge in [0.25, 0.3) is 0 Å². The number of alkyl halides is 1. The van der Waals surface area contributed by atoms with Gasteiger partial charge in [0.1, 0.15) is 0 Å². The molecule has 1 unspecified atom stereocenters. The maximum Gasteiger partial charge on any atom is 0.00314 e. The molecule has 1 heterocycles. The van der Waals surface area contributed by atoms with Gasteiger partial charge in [0.2, 0.25) is 0 Å². The van der Waals surface area contributed by atoms with Crippen molar-refractivity contribution in [3.8, 4) is 0 Å². The van der Waals surface area contributed by atoms with E-state index in [4.69, 9.17) is 0 Å². The maximum absolute atomic E-state index is 3.44. The lowest BCUT2D eigenvalue weighted by Crippen LogP contribution is -2.08. The molecule has 0 radical (unpaired) electrons. The van der Waals surface area contributed by atoms with Crippen LogP contribution in [0.25, 0.3) is 0 Å². The molecule has 1 fully saturated rings. The molecule has 54 valence electrons. The third kappa shape index (κ3) is 2.67. The molecule has 9 heavy (non-hydrogen) atoms. The summed E-state index contributed by atoms with van der Waals surface area (Å²) in [4.78, 5) is 0. The second-order valence-electron chi connectivity index (χ2n) is 2.69. The Labute approximate surface area is 65.3 Å². The van der Waals surface area contributed by atoms with Crippen LogP contribution in [0, 0.1) is 5.92 Å². The highest BCUT2D eigenvalue weighted by atomic mass is 79.9. The zero-order valence-electron chi connectivity index (χ0n) is 5.70. The summed E-state index contributed by atoms with van der Waals surface area (Å²) in [5, 5.41) is 4.54. The van der Waals surface area contributed by atoms with Crippen molar-refractivity contribution in [2.24, 2.45) is 5.92 Å². The van der Waals surface area contributed by atoms with Crippen molar-refractivity contribution in [1.82, 2.24) is 5.32 Å². The molecule has 0 saturated carbocycles. The van der Waals surface area contributed by atoms with Crippen molar-refractivity contribution in [1.29, 1.82) is 0 Å². The molecule has 0 aliphatic carbocycles. The molecular weight excluding hydrogens is 178 g/mol. The Morgan fingerprint density at radius 2 is 2.44 bits per heavy atom. The Balaban J connectivity index is 1.98. The third-order valence-electron chi connectivity index (χ3n) is 1.91. The monoisotopic (exact) mass is 191 g/mol. The Hall–Kier alpha value is 0.440. The summed E-state index contributed by atoms with van der Waals surface area (Å²) in [6.45, 7) is 2.50. The fourth-order valence-corrected chi connectivity index (χ4v) is 1.65. The van der Waals surface area contributed by atoms with Crippen LogP contribution in [0.3, 0.4) is 0 Å². The smallest absolute Gasteiger partial charge is 0.00314 e. The normalized spacial score (nSPS) is 27.0. The van der Waals surface area contributed by atoms with Crippen LogP contribution in [0.1, 0.15) is 19.3 Å². The number of hydrogen-bond donors (Lipinski definition) is 1. The first kappa shape index (κ1) is 7.55. The first-order valence-corrected chi connectivity index (χ1v) is 4.82. The second-order valence-corrected chi connectivity index (χ2v) is 3.48. The van der Waals surface area contributed by atoms with E-state index in [2.05, 4.69) is 21.2 Å². The van der Waals surface area contributed by atoms with Gasteiger partial charge in [-0.2, -0.15) is 0 Å². The third-order valence-corrected chi connectivity index (χ3v) is 2.47. The van der Waals surface area contributed by atoms with Crippen molar-refractivity contribution < 1.29 is 0 Å². The standard InChI is InChI=1S/C7H14BrN/c8-4-1-2-7-3-5-9-6-7/h7,9H,1-6H2. The molecule has 1 saturated heterocycles. The van der Waals surface area contributed by atoms with Gasteiger partial charge < -0.3 is 5.32 Å². The van der Waals surface area contributed by atoms with Crippen LogP contribution in [0.4, 0.5) is 0 Å². The van der Waals surface area contributed by atoms with Gasteiger partial charge >= 0.3 is 0 Å². The van der Waals surface area contributed by atoms with Crippen LogP contribution in [-0.2, 0) is 0 Å². The van der Waals surface area contributed by atoms with E-state index < -0.39 is 0 Å². The molecular formula is C7H14BrN. The molecule has 1 atom stereocenters. The molecule has 0 spiro atoms. The zero-order valence-corrected chi connectivity index (χ0v) is 7.28. The Morgan fingerprint density at radius 3 is 3.00 bits per heavy atom. The summed E-state index contributed by atoms with van der Waals surface area (Å²) in [7, 11) is 0. The Kier molecular flexibility index (Phi) is 3.59. The number of rotatable bonds is 3. The van der Waals surface area contributed by atoms with Gasteiger partial charge in [-0.25, -0.2) is 0 Å². The molecule has 1 rings (SSSR count). The summed E-state index contributed by atoms with van der Waals surface area (Å²) in [5.74, 6) is 0.975. The molecule has 0 amide bonds. The van der Waals surface area contributed by atoms with Gasteiger partial charge in [-0.1, -0.05) is 15.9 Å². The summed E-state index contributed by atoms with van der Waals surface area (Å²) < 4.78 is 0. The van der Waals surface area contributed by atoms with Crippen LogP contribution < -0.4 is 5.32 Å². The molecule has 1 N–H and O–H groups in total. The minimum absolute atomic E-state index is 0.975. The lowest BCUT2D eigenvalue weighted by molar-refractivity contribution is 0.528. The van der Waals surface area contributed by atoms with Crippen LogP contribution >= 0.6 is 15.9 Å². The quantitative estimate of drug-likeness (QED) is 0.672. The van der Waals surface area contributed by atoms with Gasteiger partial charge in [0, 0.05) is 5.33 Å². The predicted molar refractivity (Wildman–Crippen MR) is 44.0 cm³/mol. The number of nitrogens with one attached hydrogen (secondary N) is 1. The van der Waals surface area contributed by atoms with Gasteiger partial charge in [-0.3, -0.25) is 0 Å². The highest BCUT2D eigenvalue weighted by molar-refractivity contribution is 9.09. The molecule has 0 aromatic rings. The second kappa shape index (κ2) is 4.29. The van der Waals surface area contributed by atoms with E-state index in [0.717, 1.165) is 5.92 Å². The van der Waals surface area contributed by atoms with Crippen molar-refractivity contribution in [3.63, 3.8) is 0 Å². The van der Waals surface area contributed by atoms with Crippen LogP contribution in [-0.4, -0.2) is 18.4 Å². The van der Waals surface area contributed by atoms with Gasteiger partial charge in [0.15, 0.2) is 0 Å². The van der Waals surface area contributed by atoms with Crippen molar-refractivity contribution >= 4 is 15.9 Å². The summed E-state index contributed by atoms with van der Waals surface area (Å²) in [6.07, 6.45) is 4.14. The van der Waals surface area contributed by atoms with Gasteiger partial charge in [0.05, 0.1) is 0 Å². The van der Waals surface area contributed by atoms with E-state index >= 15 is 0 Å². The fourth-order valence-electron chi connectivity index (χ4n) is 1.33. The van der Waals surface area contributed by atoms with Crippen LogP contribution in [0.5, 0.6) is 0 Å². The Morgan fingerprint density at radius 1 is 1.56 bits per heavy atom. The van der Waals surface area contributed by atoms with Crippen molar-refractivity contribution in [2.45, 2.75) is 19.3 Å². The lowest BCUT2D eigenvalue weighted by atomic mass is 10.0. The molecule has 2 heteroatoms. The van der Waals surface area contributed by atoms with Gasteiger partial charge in [-0.15, -0.1) is 0 Å². The highest BCUT2D eigenvalue weighted by Crippen LogP contribution is 2.14. The minimum Gasteiger partial charge on any atom is -0.316 e. The zero-order chi connectivity index (χ0) is 6.53. The minimum atomic E-state index is 0.975. The van der Waals surface area contributed by atoms with Crippen LogP contribution in [0.2, 0.25) is 0 Å². The summed E-state index contributed by atoms with van der Waals surface area (Å²) >= 11 is 3.44. The van der Waals surface area contributed by atoms with E-state index in [9.17, 15) is 0 Å². The summed E-state index contributed by atoms with van der Waals surface area (Å²) in [6, 6.07) is 0. The molecule has 1 nitrogen and oxygen atoms in total. The molecule has 0 aromatic heterocycles. The molecule has 1 aliphatic heterocycles. The molecule has 1 aliphatic rings. The number of hydrogen-bond acceptors (Lipinski definition) is 1. The van der Waals surface area contributed by atoms with Crippen molar-refractivity contribution in [2.75, 3.05) is 18.4 Å². The average molecular weight is 192 g/mol. The SMILES string of the molecule is BrCCCC1CCNC1. The number of halogens is 1. The highest BCUT2D eigenvalue weighted by Gasteiger charge is 2.12. The predicted octanol–water partition coefficient (Wildman–Crippen LogP) is 1.77. The average Bonchev–Trinajstić information content (AvgIpc) is 2.34. The topological polar surface area (TPSA) is 12.0 Å². The lowest BCUT2D eigenvalue weighted by Gasteiger charge is -2.04. The largest absolute Gasteiger partial charge is 0.316 e. The van der Waals surface area contributed by atoms with Gasteiger partial charge in [-0.05, 0) is 38.3 Å². The van der Waals surface area contributed by atoms with Crippen molar-refractivity contribution in [3.05, 3.63) is 0 Å². The van der Waals surface area contributed by atoms with E-state index in [1.165, 1.54) is 37.7 Å². The molecule has 0 aromatic carbocycles. The summed E-state index contributed by atoms with van der Waals surface area (Å²) in [5.41, 5.74) is 0. The molecule has 0 bridgehead atoms. The Bertz CT molecular complexity index is 69.3. The maximum atomic E-state index is 3.44. The van der Waals surface area contributed by atoms with E-state index in [0.29, 0.717) is 0 Å². The first-order valence-electron chi connectivity index (χ1n) is 3.70. The van der Waals surface area contributed by atoms with Crippen LogP contribution in [0.15, 0.2) is 0 Å². The van der Waals surface area contributed by atoms with E-state index in [1.807, 2.05) is 0 Å². The first-order chi connectivity index (χ1) is 4.43.